The number of amides is 5. The minimum absolute atomic E-state index is 0.0258. The third-order valence-corrected chi connectivity index (χ3v) is 6.65. The maximum absolute atomic E-state index is 13.1. The van der Waals surface area contributed by atoms with E-state index in [1.165, 1.54) is 12.1 Å². The summed E-state index contributed by atoms with van der Waals surface area (Å²) in [5.74, 6) is -3.76. The van der Waals surface area contributed by atoms with Crippen LogP contribution in [0.3, 0.4) is 0 Å². The molecule has 1 atom stereocenters. The third kappa shape index (κ3) is 11.1. The van der Waals surface area contributed by atoms with Crippen LogP contribution in [-0.2, 0) is 42.9 Å². The Labute approximate surface area is 254 Å². The molecule has 1 unspecified atom stereocenters. The maximum atomic E-state index is 13.1. The number of rotatable bonds is 22. The monoisotopic (exact) mass is 621 g/mol. The number of carbonyl (C=O) groups excluding carboxylic acids is 5. The maximum Gasteiger partial charge on any atom is 0.329 e. The number of carboxylic acid groups (broad SMARTS) is 1. The van der Waals surface area contributed by atoms with Crippen LogP contribution in [0, 0.1) is 0 Å². The number of anilines is 1. The molecule has 0 saturated carbocycles. The van der Waals surface area contributed by atoms with Crippen LogP contribution in [0.15, 0.2) is 18.2 Å². The number of nitrogens with zero attached hydrogens (tertiary/aromatic N) is 1. The molecule has 0 spiro atoms. The van der Waals surface area contributed by atoms with Crippen LogP contribution in [0.1, 0.15) is 59.2 Å². The second-order valence-corrected chi connectivity index (χ2v) is 9.93. The highest BCUT2D eigenvalue weighted by Crippen LogP contribution is 2.32. The van der Waals surface area contributed by atoms with E-state index in [0.29, 0.717) is 59.3 Å². The molecule has 242 valence electrons. The van der Waals surface area contributed by atoms with Crippen molar-refractivity contribution in [3.05, 3.63) is 29.3 Å². The van der Waals surface area contributed by atoms with Gasteiger partial charge in [-0.05, 0) is 31.4 Å². The SMILES string of the molecule is O=C(O)COCCOCCOCCOCCOCCCCCC(=O)Nc1cccc2c1C(=O)N(C1CCC(=O)NC1=O)C2=O. The number of nitrogens with one attached hydrogen (secondary N) is 2. The minimum atomic E-state index is -1.07. The number of benzene rings is 1. The van der Waals surface area contributed by atoms with Crippen molar-refractivity contribution in [1.29, 1.82) is 0 Å². The quantitative estimate of drug-likeness (QED) is 0.122. The van der Waals surface area contributed by atoms with Crippen LogP contribution in [0.25, 0.3) is 0 Å². The highest BCUT2D eigenvalue weighted by molar-refractivity contribution is 6.26. The Morgan fingerprint density at radius 3 is 2.05 bits per heavy atom. The molecule has 15 heteroatoms. The first-order valence-electron chi connectivity index (χ1n) is 14.5. The van der Waals surface area contributed by atoms with Crippen molar-refractivity contribution in [2.75, 3.05) is 71.4 Å². The zero-order chi connectivity index (χ0) is 31.7. The molecule has 2 aliphatic rings. The van der Waals surface area contributed by atoms with Gasteiger partial charge in [-0.25, -0.2) is 4.79 Å². The van der Waals surface area contributed by atoms with Crippen molar-refractivity contribution in [1.82, 2.24) is 10.2 Å². The van der Waals surface area contributed by atoms with Gasteiger partial charge in [0.05, 0.1) is 69.7 Å². The van der Waals surface area contributed by atoms with Crippen molar-refractivity contribution in [2.45, 2.75) is 44.6 Å². The zero-order valence-electron chi connectivity index (χ0n) is 24.5. The summed E-state index contributed by atoms with van der Waals surface area (Å²) in [7, 11) is 0. The second kappa shape index (κ2) is 18.8. The van der Waals surface area contributed by atoms with Gasteiger partial charge < -0.3 is 34.1 Å². The summed E-state index contributed by atoms with van der Waals surface area (Å²) in [6.45, 7) is 3.14. The molecule has 2 aliphatic heterocycles. The van der Waals surface area contributed by atoms with E-state index in [2.05, 4.69) is 10.6 Å². The smallest absolute Gasteiger partial charge is 0.329 e. The number of aliphatic carboxylic acids is 1. The lowest BCUT2D eigenvalue weighted by molar-refractivity contribution is -0.143. The molecule has 5 amide bonds. The molecule has 1 saturated heterocycles. The van der Waals surface area contributed by atoms with Gasteiger partial charge in [0.25, 0.3) is 11.8 Å². The molecule has 44 heavy (non-hydrogen) atoms. The molecule has 3 N–H and O–H groups in total. The lowest BCUT2D eigenvalue weighted by atomic mass is 10.0. The van der Waals surface area contributed by atoms with E-state index >= 15 is 0 Å². The van der Waals surface area contributed by atoms with Gasteiger partial charge >= 0.3 is 5.97 Å². The predicted molar refractivity (Wildman–Crippen MR) is 152 cm³/mol. The molecule has 0 bridgehead atoms. The normalized spacial score (nSPS) is 16.3. The van der Waals surface area contributed by atoms with Crippen molar-refractivity contribution in [2.24, 2.45) is 0 Å². The van der Waals surface area contributed by atoms with Crippen LogP contribution in [0.4, 0.5) is 5.69 Å². The molecular formula is C29H39N3O12. The average Bonchev–Trinajstić information content (AvgIpc) is 3.24. The molecule has 0 aliphatic carbocycles. The number of unbranched alkanes of at least 4 members (excludes halogenated alkanes) is 2. The topological polar surface area (TPSA) is 196 Å². The van der Waals surface area contributed by atoms with Gasteiger partial charge in [0.1, 0.15) is 12.6 Å². The molecule has 2 heterocycles. The first-order valence-corrected chi connectivity index (χ1v) is 14.5. The van der Waals surface area contributed by atoms with Crippen molar-refractivity contribution < 1.29 is 57.6 Å². The fourth-order valence-corrected chi connectivity index (χ4v) is 4.54. The summed E-state index contributed by atoms with van der Waals surface area (Å²) in [6, 6.07) is 3.50. The van der Waals surface area contributed by atoms with Gasteiger partial charge in [0.15, 0.2) is 0 Å². The van der Waals surface area contributed by atoms with Crippen LogP contribution in [-0.4, -0.2) is 118 Å². The standard InChI is InChI=1S/C29H39N3O12/c33-23(7-2-1-3-10-40-11-12-41-13-14-42-15-16-43-17-18-44-19-25(35)36)30-21-6-4-5-20-26(21)29(39)32(28(20)38)22-8-9-24(34)31-27(22)37/h4-6,22H,1-3,7-19H2,(H,30,33)(H,35,36)(H,31,34,37). The minimum Gasteiger partial charge on any atom is -0.480 e. The number of hydrogen-bond donors (Lipinski definition) is 3. The van der Waals surface area contributed by atoms with Gasteiger partial charge in [0.2, 0.25) is 17.7 Å². The van der Waals surface area contributed by atoms with Crippen molar-refractivity contribution >= 4 is 41.2 Å². The van der Waals surface area contributed by atoms with E-state index in [-0.39, 0.29) is 55.2 Å². The fraction of sp³-hybridized carbons (Fsp3) is 0.586. The van der Waals surface area contributed by atoms with E-state index in [0.717, 1.165) is 17.7 Å². The van der Waals surface area contributed by atoms with Crippen LogP contribution in [0.5, 0.6) is 0 Å². The van der Waals surface area contributed by atoms with Crippen LogP contribution >= 0.6 is 0 Å². The average molecular weight is 622 g/mol. The highest BCUT2D eigenvalue weighted by Gasteiger charge is 2.45. The molecule has 1 aromatic rings. The van der Waals surface area contributed by atoms with Crippen molar-refractivity contribution in [3.8, 4) is 0 Å². The van der Waals surface area contributed by atoms with Gasteiger partial charge in [-0.15, -0.1) is 0 Å². The Bertz CT molecular complexity index is 1170. The highest BCUT2D eigenvalue weighted by atomic mass is 16.6. The number of imide groups is 2. The zero-order valence-corrected chi connectivity index (χ0v) is 24.5. The number of piperidine rings is 1. The van der Waals surface area contributed by atoms with E-state index in [1.807, 2.05) is 0 Å². The first kappa shape index (κ1) is 34.7. The molecule has 1 aromatic carbocycles. The van der Waals surface area contributed by atoms with Gasteiger partial charge in [-0.1, -0.05) is 12.5 Å². The van der Waals surface area contributed by atoms with E-state index in [9.17, 15) is 28.8 Å². The lowest BCUT2D eigenvalue weighted by Gasteiger charge is -2.27. The lowest BCUT2D eigenvalue weighted by Crippen LogP contribution is -2.54. The second-order valence-electron chi connectivity index (χ2n) is 9.93. The summed E-state index contributed by atoms with van der Waals surface area (Å²) in [5.41, 5.74) is 0.363. The Morgan fingerprint density at radius 2 is 1.43 bits per heavy atom. The van der Waals surface area contributed by atoms with Gasteiger partial charge in [-0.2, -0.15) is 0 Å². The van der Waals surface area contributed by atoms with E-state index < -0.39 is 35.6 Å². The van der Waals surface area contributed by atoms with Crippen LogP contribution < -0.4 is 10.6 Å². The number of fused-ring (bicyclic) bond motifs is 1. The van der Waals surface area contributed by atoms with Crippen molar-refractivity contribution in [3.63, 3.8) is 0 Å². The predicted octanol–water partition coefficient (Wildman–Crippen LogP) is 0.754. The molecule has 15 nitrogen and oxygen atoms in total. The van der Waals surface area contributed by atoms with E-state index in [4.69, 9.17) is 28.8 Å². The first-order chi connectivity index (χ1) is 21.3. The number of ether oxygens (including phenoxy) is 5. The molecule has 1 fully saturated rings. The Balaban J connectivity index is 1.20. The van der Waals surface area contributed by atoms with Crippen LogP contribution in [0.2, 0.25) is 0 Å². The molecular weight excluding hydrogens is 582 g/mol. The Morgan fingerprint density at radius 1 is 0.818 bits per heavy atom. The number of hydrogen-bond acceptors (Lipinski definition) is 11. The van der Waals surface area contributed by atoms with Gasteiger partial charge in [0, 0.05) is 19.4 Å². The molecule has 3 rings (SSSR count). The summed E-state index contributed by atoms with van der Waals surface area (Å²) < 4.78 is 26.4. The largest absolute Gasteiger partial charge is 0.480 e. The number of carboxylic acids is 1. The van der Waals surface area contributed by atoms with Gasteiger partial charge in [-0.3, -0.25) is 34.2 Å². The summed E-state index contributed by atoms with van der Waals surface area (Å²) >= 11 is 0. The summed E-state index contributed by atoms with van der Waals surface area (Å²) in [5, 5.41) is 13.3. The molecule has 0 radical (unpaired) electrons. The fourth-order valence-electron chi connectivity index (χ4n) is 4.54. The number of carbonyl (C=O) groups is 6. The summed E-state index contributed by atoms with van der Waals surface area (Å²) in [4.78, 5) is 73.5. The summed E-state index contributed by atoms with van der Waals surface area (Å²) in [6.07, 6.45) is 2.41. The molecule has 0 aromatic heterocycles. The Kier molecular flexibility index (Phi) is 14.8. The Hall–Kier alpha value is -3.76. The van der Waals surface area contributed by atoms with E-state index in [1.54, 1.807) is 6.07 Å². The third-order valence-electron chi connectivity index (χ3n) is 6.65.